The average molecular weight is 475 g/mol. The number of imidazole rings is 1. The molecule has 8 nitrogen and oxygen atoms in total. The third-order valence-corrected chi connectivity index (χ3v) is 7.07. The molecular weight excluding hydrogens is 448 g/mol. The molecule has 6 heterocycles. The predicted molar refractivity (Wildman–Crippen MR) is 141 cm³/mol. The van der Waals surface area contributed by atoms with Crippen LogP contribution in [0, 0.1) is 6.92 Å². The Hall–Kier alpha value is -4.30. The van der Waals surface area contributed by atoms with E-state index in [9.17, 15) is 0 Å². The zero-order chi connectivity index (χ0) is 24.1. The van der Waals surface area contributed by atoms with Crippen molar-refractivity contribution in [2.45, 2.75) is 26.3 Å². The number of aromatic nitrogens is 7. The van der Waals surface area contributed by atoms with Crippen molar-refractivity contribution in [1.29, 1.82) is 0 Å². The third kappa shape index (κ3) is 3.67. The van der Waals surface area contributed by atoms with E-state index in [0.29, 0.717) is 0 Å². The van der Waals surface area contributed by atoms with E-state index in [0.717, 1.165) is 62.2 Å². The molecule has 5 aromatic heterocycles. The summed E-state index contributed by atoms with van der Waals surface area (Å²) in [6.45, 7) is 5.30. The van der Waals surface area contributed by atoms with E-state index in [1.165, 1.54) is 31.5 Å². The number of pyridine rings is 2. The molecule has 0 saturated carbocycles. The number of benzene rings is 1. The summed E-state index contributed by atoms with van der Waals surface area (Å²) in [5, 5.41) is 10.0. The van der Waals surface area contributed by atoms with E-state index in [4.69, 9.17) is 0 Å². The van der Waals surface area contributed by atoms with Gasteiger partial charge in [-0.1, -0.05) is 6.07 Å². The summed E-state index contributed by atoms with van der Waals surface area (Å²) in [7, 11) is 0. The Labute approximate surface area is 208 Å². The van der Waals surface area contributed by atoms with Gasteiger partial charge in [0, 0.05) is 41.5 Å². The number of likely N-dealkylation sites (tertiary alicyclic amines) is 1. The van der Waals surface area contributed by atoms with Crippen molar-refractivity contribution < 1.29 is 0 Å². The third-order valence-electron chi connectivity index (χ3n) is 7.07. The zero-order valence-electron chi connectivity index (χ0n) is 20.1. The van der Waals surface area contributed by atoms with Crippen LogP contribution in [-0.2, 0) is 6.54 Å². The molecule has 0 aliphatic carbocycles. The Morgan fingerprint density at radius 2 is 1.78 bits per heavy atom. The molecule has 1 fully saturated rings. The standard InChI is InChI=1S/C28H26N8/c1-18-15-36(17-31-18)27-14-30-13-26-22(27)10-25(32-26)28-23-9-20(4-5-24(23)33-34-28)21-8-19(11-29-12-21)16-35-6-2-3-7-35/h4-5,8-15,17,32H,2-3,6-7,16H2,1H3,(H,33,34). The van der Waals surface area contributed by atoms with Crippen LogP contribution >= 0.6 is 0 Å². The highest BCUT2D eigenvalue weighted by atomic mass is 15.1. The first kappa shape index (κ1) is 21.0. The van der Waals surface area contributed by atoms with Gasteiger partial charge in [-0.3, -0.25) is 20.0 Å². The Bertz CT molecular complexity index is 1700. The monoisotopic (exact) mass is 474 g/mol. The van der Waals surface area contributed by atoms with Gasteiger partial charge in [-0.05, 0) is 68.2 Å². The van der Waals surface area contributed by atoms with Gasteiger partial charge in [0.05, 0.1) is 46.8 Å². The number of rotatable bonds is 5. The van der Waals surface area contributed by atoms with Crippen LogP contribution in [0.25, 0.3) is 50.0 Å². The summed E-state index contributed by atoms with van der Waals surface area (Å²) < 4.78 is 2.01. The minimum absolute atomic E-state index is 0.886. The number of H-pyrrole nitrogens is 2. The molecule has 36 heavy (non-hydrogen) atoms. The van der Waals surface area contributed by atoms with Crippen LogP contribution in [0.2, 0.25) is 0 Å². The fraction of sp³-hybridized carbons (Fsp3) is 0.214. The molecule has 0 atom stereocenters. The van der Waals surface area contributed by atoms with Crippen molar-refractivity contribution in [1.82, 2.24) is 39.6 Å². The van der Waals surface area contributed by atoms with Crippen LogP contribution in [0.3, 0.4) is 0 Å². The molecule has 7 rings (SSSR count). The molecule has 1 aliphatic rings. The smallest absolute Gasteiger partial charge is 0.116 e. The second kappa shape index (κ2) is 8.42. The number of aryl methyl sites for hydroxylation is 1. The van der Waals surface area contributed by atoms with Crippen molar-refractivity contribution in [3.63, 3.8) is 0 Å². The number of aromatic amines is 2. The lowest BCUT2D eigenvalue weighted by atomic mass is 10.0. The summed E-state index contributed by atoms with van der Waals surface area (Å²) in [4.78, 5) is 19.4. The number of fused-ring (bicyclic) bond motifs is 2. The van der Waals surface area contributed by atoms with Gasteiger partial charge in [0.15, 0.2) is 0 Å². The van der Waals surface area contributed by atoms with E-state index in [2.05, 4.69) is 65.4 Å². The summed E-state index contributed by atoms with van der Waals surface area (Å²) in [6.07, 6.45) is 14.1. The topological polar surface area (TPSA) is 91.3 Å². The number of nitrogens with zero attached hydrogens (tertiary/aromatic N) is 6. The highest BCUT2D eigenvalue weighted by molar-refractivity contribution is 5.99. The van der Waals surface area contributed by atoms with Crippen molar-refractivity contribution >= 4 is 21.8 Å². The highest BCUT2D eigenvalue weighted by Crippen LogP contribution is 2.33. The van der Waals surface area contributed by atoms with Crippen molar-refractivity contribution in [3.8, 4) is 28.2 Å². The summed E-state index contributed by atoms with van der Waals surface area (Å²) >= 11 is 0. The van der Waals surface area contributed by atoms with Crippen molar-refractivity contribution in [3.05, 3.63) is 78.9 Å². The van der Waals surface area contributed by atoms with Crippen molar-refractivity contribution in [2.24, 2.45) is 0 Å². The van der Waals surface area contributed by atoms with E-state index < -0.39 is 0 Å². The van der Waals surface area contributed by atoms with Gasteiger partial charge in [0.1, 0.15) is 5.69 Å². The van der Waals surface area contributed by atoms with Gasteiger partial charge < -0.3 is 9.55 Å². The number of hydrogen-bond acceptors (Lipinski definition) is 5. The zero-order valence-corrected chi connectivity index (χ0v) is 20.1. The van der Waals surface area contributed by atoms with Gasteiger partial charge in [-0.25, -0.2) is 4.98 Å². The van der Waals surface area contributed by atoms with Crippen LogP contribution in [0.4, 0.5) is 0 Å². The minimum atomic E-state index is 0.886. The molecule has 1 aromatic carbocycles. The van der Waals surface area contributed by atoms with Crippen molar-refractivity contribution in [2.75, 3.05) is 13.1 Å². The van der Waals surface area contributed by atoms with Crippen LogP contribution in [0.1, 0.15) is 24.1 Å². The van der Waals surface area contributed by atoms with Gasteiger partial charge in [0.25, 0.3) is 0 Å². The normalized spacial score (nSPS) is 14.4. The molecule has 1 aliphatic heterocycles. The first-order valence-electron chi connectivity index (χ1n) is 12.3. The molecule has 8 heteroatoms. The van der Waals surface area contributed by atoms with Gasteiger partial charge in [0.2, 0.25) is 0 Å². The Morgan fingerprint density at radius 3 is 2.64 bits per heavy atom. The van der Waals surface area contributed by atoms with Gasteiger partial charge in [-0.2, -0.15) is 5.10 Å². The fourth-order valence-electron chi connectivity index (χ4n) is 5.25. The Morgan fingerprint density at radius 1 is 0.889 bits per heavy atom. The number of hydrogen-bond donors (Lipinski definition) is 2. The maximum absolute atomic E-state index is 4.67. The van der Waals surface area contributed by atoms with E-state index in [1.54, 1.807) is 0 Å². The second-order valence-electron chi connectivity index (χ2n) is 9.62. The predicted octanol–water partition coefficient (Wildman–Crippen LogP) is 5.26. The van der Waals surface area contributed by atoms with E-state index in [1.807, 2.05) is 48.8 Å². The van der Waals surface area contributed by atoms with Crippen LogP contribution in [0.5, 0.6) is 0 Å². The molecule has 1 saturated heterocycles. The first-order valence-corrected chi connectivity index (χ1v) is 12.3. The summed E-state index contributed by atoms with van der Waals surface area (Å²) in [5.74, 6) is 0. The quantitative estimate of drug-likeness (QED) is 0.356. The molecule has 0 bridgehead atoms. The molecular formula is C28H26N8. The molecule has 0 spiro atoms. The van der Waals surface area contributed by atoms with Gasteiger partial charge in [-0.15, -0.1) is 0 Å². The lowest BCUT2D eigenvalue weighted by Crippen LogP contribution is -2.18. The average Bonchev–Trinajstić information content (AvgIpc) is 3.70. The molecule has 2 N–H and O–H groups in total. The van der Waals surface area contributed by atoms with Gasteiger partial charge >= 0.3 is 0 Å². The van der Waals surface area contributed by atoms with Crippen LogP contribution in [-0.4, -0.2) is 52.7 Å². The highest BCUT2D eigenvalue weighted by Gasteiger charge is 2.16. The van der Waals surface area contributed by atoms with E-state index >= 15 is 0 Å². The maximum atomic E-state index is 4.67. The maximum Gasteiger partial charge on any atom is 0.116 e. The SMILES string of the molecule is Cc1cn(-c2cncc3[nH]c(-c4n[nH]c5ccc(-c6cncc(CN7CCCC7)c6)cc45)cc23)cn1. The Kier molecular flexibility index (Phi) is 4.92. The molecule has 0 unspecified atom stereocenters. The van der Waals surface area contributed by atoms with Crippen LogP contribution < -0.4 is 0 Å². The molecule has 0 radical (unpaired) electrons. The fourth-order valence-corrected chi connectivity index (χ4v) is 5.25. The lowest BCUT2D eigenvalue weighted by Gasteiger charge is -2.14. The first-order chi connectivity index (χ1) is 17.7. The Balaban J connectivity index is 1.28. The summed E-state index contributed by atoms with van der Waals surface area (Å²) in [5.41, 5.74) is 9.25. The van der Waals surface area contributed by atoms with E-state index in [-0.39, 0.29) is 0 Å². The second-order valence-corrected chi connectivity index (χ2v) is 9.62. The molecule has 0 amide bonds. The minimum Gasteiger partial charge on any atom is -0.352 e. The largest absolute Gasteiger partial charge is 0.352 e. The molecule has 178 valence electrons. The summed E-state index contributed by atoms with van der Waals surface area (Å²) in [6, 6.07) is 10.8. The molecule has 6 aromatic rings. The number of nitrogens with one attached hydrogen (secondary N) is 2. The lowest BCUT2D eigenvalue weighted by molar-refractivity contribution is 0.331. The van der Waals surface area contributed by atoms with Crippen LogP contribution in [0.15, 0.2) is 67.6 Å².